The van der Waals surface area contributed by atoms with Crippen LogP contribution in [0.3, 0.4) is 0 Å². The molecule has 1 amide bonds. The molecule has 0 bridgehead atoms. The molecule has 0 atom stereocenters. The molecule has 0 aromatic carbocycles. The fourth-order valence-electron chi connectivity index (χ4n) is 1.65. The van der Waals surface area contributed by atoms with Crippen LogP contribution in [0.4, 0.5) is 0 Å². The smallest absolute Gasteiger partial charge is 0.244 e. The van der Waals surface area contributed by atoms with Crippen LogP contribution >= 0.6 is 0 Å². The average molecular weight is 191 g/mol. The van der Waals surface area contributed by atoms with Crippen molar-refractivity contribution in [2.45, 2.75) is 18.3 Å². The van der Waals surface area contributed by atoms with Crippen LogP contribution in [-0.4, -0.2) is 17.9 Å². The third kappa shape index (κ3) is 1.37. The van der Waals surface area contributed by atoms with E-state index < -0.39 is 0 Å². The van der Waals surface area contributed by atoms with Gasteiger partial charge in [0.1, 0.15) is 0 Å². The maximum atomic E-state index is 11.7. The van der Waals surface area contributed by atoms with Gasteiger partial charge in [-0.1, -0.05) is 6.07 Å². The van der Waals surface area contributed by atoms with Gasteiger partial charge in [0, 0.05) is 19.4 Å². The van der Waals surface area contributed by atoms with Crippen LogP contribution in [-0.2, 0) is 10.2 Å². The molecule has 74 valence electrons. The molecule has 0 radical (unpaired) electrons. The van der Waals surface area contributed by atoms with E-state index in [1.54, 1.807) is 19.4 Å². The van der Waals surface area contributed by atoms with Crippen LogP contribution in [0.15, 0.2) is 24.5 Å². The summed E-state index contributed by atoms with van der Waals surface area (Å²) in [7, 11) is 1.69. The molecule has 1 heterocycles. The quantitative estimate of drug-likeness (QED) is 0.678. The van der Waals surface area contributed by atoms with Gasteiger partial charge in [0.25, 0.3) is 0 Å². The molecular formula is C10H13N3O. The van der Waals surface area contributed by atoms with Gasteiger partial charge in [0.15, 0.2) is 0 Å². The molecule has 1 fully saturated rings. The maximum absolute atomic E-state index is 11.7. The monoisotopic (exact) mass is 191 g/mol. The Morgan fingerprint density at radius 1 is 1.57 bits per heavy atom. The predicted molar refractivity (Wildman–Crippen MR) is 52.4 cm³/mol. The largest absolute Gasteiger partial charge is 0.291 e. The van der Waals surface area contributed by atoms with Crippen molar-refractivity contribution in [3.63, 3.8) is 0 Å². The van der Waals surface area contributed by atoms with E-state index in [4.69, 9.17) is 0 Å². The lowest BCUT2D eigenvalue weighted by molar-refractivity contribution is -0.124. The molecule has 1 saturated carbocycles. The van der Waals surface area contributed by atoms with E-state index in [2.05, 4.69) is 15.8 Å². The van der Waals surface area contributed by atoms with Crippen molar-refractivity contribution >= 4 is 5.91 Å². The van der Waals surface area contributed by atoms with E-state index in [0.717, 1.165) is 18.4 Å². The number of nitrogens with zero attached hydrogens (tertiary/aromatic N) is 1. The van der Waals surface area contributed by atoms with Crippen LogP contribution < -0.4 is 10.9 Å². The van der Waals surface area contributed by atoms with Crippen molar-refractivity contribution in [3.05, 3.63) is 30.1 Å². The molecule has 0 spiro atoms. The first-order valence-corrected chi connectivity index (χ1v) is 4.67. The first kappa shape index (κ1) is 9.15. The zero-order valence-corrected chi connectivity index (χ0v) is 8.08. The van der Waals surface area contributed by atoms with Crippen LogP contribution in [0.2, 0.25) is 0 Å². The summed E-state index contributed by atoms with van der Waals surface area (Å²) >= 11 is 0. The van der Waals surface area contributed by atoms with Gasteiger partial charge >= 0.3 is 0 Å². The molecule has 2 rings (SSSR count). The molecular weight excluding hydrogens is 178 g/mol. The number of aromatic nitrogens is 1. The number of rotatable bonds is 3. The lowest BCUT2D eigenvalue weighted by atomic mass is 9.97. The number of hydrazine groups is 1. The van der Waals surface area contributed by atoms with E-state index in [1.165, 1.54) is 0 Å². The number of nitrogens with one attached hydrogen (secondary N) is 2. The summed E-state index contributed by atoms with van der Waals surface area (Å²) < 4.78 is 0. The summed E-state index contributed by atoms with van der Waals surface area (Å²) in [6.07, 6.45) is 5.30. The Bertz CT molecular complexity index is 332. The molecule has 2 N–H and O–H groups in total. The normalized spacial score (nSPS) is 17.5. The first-order valence-electron chi connectivity index (χ1n) is 4.67. The zero-order chi connectivity index (χ0) is 10.0. The Morgan fingerprint density at radius 2 is 2.36 bits per heavy atom. The summed E-state index contributed by atoms with van der Waals surface area (Å²) in [6, 6.07) is 3.82. The second-order valence-electron chi connectivity index (χ2n) is 3.53. The van der Waals surface area contributed by atoms with Gasteiger partial charge in [0.2, 0.25) is 5.91 Å². The minimum absolute atomic E-state index is 0.0352. The number of pyridine rings is 1. The topological polar surface area (TPSA) is 54.0 Å². The summed E-state index contributed by atoms with van der Waals surface area (Å²) in [5, 5.41) is 0. The Morgan fingerprint density at radius 3 is 2.86 bits per heavy atom. The maximum Gasteiger partial charge on any atom is 0.244 e. The summed E-state index contributed by atoms with van der Waals surface area (Å²) in [5.41, 5.74) is 5.98. The molecule has 0 aliphatic heterocycles. The molecule has 0 saturated heterocycles. The van der Waals surface area contributed by atoms with Crippen molar-refractivity contribution < 1.29 is 4.79 Å². The zero-order valence-electron chi connectivity index (χ0n) is 8.08. The van der Waals surface area contributed by atoms with Gasteiger partial charge < -0.3 is 0 Å². The summed E-state index contributed by atoms with van der Waals surface area (Å²) in [4.78, 5) is 15.8. The van der Waals surface area contributed by atoms with Crippen molar-refractivity contribution in [2.75, 3.05) is 7.05 Å². The average Bonchev–Trinajstić information content (AvgIpc) is 3.00. The van der Waals surface area contributed by atoms with E-state index in [9.17, 15) is 4.79 Å². The Kier molecular flexibility index (Phi) is 2.21. The molecule has 14 heavy (non-hydrogen) atoms. The van der Waals surface area contributed by atoms with Crippen molar-refractivity contribution in [3.8, 4) is 0 Å². The van der Waals surface area contributed by atoms with Gasteiger partial charge in [-0.25, -0.2) is 5.43 Å². The minimum Gasteiger partial charge on any atom is -0.291 e. The summed E-state index contributed by atoms with van der Waals surface area (Å²) in [5.74, 6) is 0.0352. The van der Waals surface area contributed by atoms with Crippen LogP contribution in [0, 0.1) is 0 Å². The molecule has 1 aromatic rings. The van der Waals surface area contributed by atoms with E-state index in [0.29, 0.717) is 0 Å². The third-order valence-electron chi connectivity index (χ3n) is 2.64. The number of hydrogen-bond donors (Lipinski definition) is 2. The molecule has 1 aliphatic rings. The number of carbonyl (C=O) groups is 1. The molecule has 4 heteroatoms. The Balaban J connectivity index is 2.21. The minimum atomic E-state index is -0.322. The highest BCUT2D eigenvalue weighted by Gasteiger charge is 2.51. The van der Waals surface area contributed by atoms with Crippen molar-refractivity contribution in [2.24, 2.45) is 0 Å². The molecule has 0 unspecified atom stereocenters. The second-order valence-corrected chi connectivity index (χ2v) is 3.53. The second kappa shape index (κ2) is 3.38. The van der Waals surface area contributed by atoms with Gasteiger partial charge in [-0.3, -0.25) is 15.2 Å². The van der Waals surface area contributed by atoms with Crippen LogP contribution in [0.25, 0.3) is 0 Å². The standard InChI is InChI=1S/C10H13N3O/c1-11-13-9(14)10(4-5-10)8-3-2-6-12-7-8/h2-3,6-7,11H,4-5H2,1H3,(H,13,14). The van der Waals surface area contributed by atoms with Gasteiger partial charge in [-0.05, 0) is 24.5 Å². The molecule has 4 nitrogen and oxygen atoms in total. The Hall–Kier alpha value is -1.42. The SMILES string of the molecule is CNNC(=O)C1(c2cccnc2)CC1. The Labute approximate surface area is 82.7 Å². The number of hydrogen-bond acceptors (Lipinski definition) is 3. The fourth-order valence-corrected chi connectivity index (χ4v) is 1.65. The molecule has 1 aromatic heterocycles. The van der Waals surface area contributed by atoms with Gasteiger partial charge in [-0.2, -0.15) is 0 Å². The highest BCUT2D eigenvalue weighted by Crippen LogP contribution is 2.47. The van der Waals surface area contributed by atoms with E-state index in [1.807, 2.05) is 12.1 Å². The van der Waals surface area contributed by atoms with E-state index >= 15 is 0 Å². The number of carbonyl (C=O) groups excluding carboxylic acids is 1. The molecule has 1 aliphatic carbocycles. The summed E-state index contributed by atoms with van der Waals surface area (Å²) in [6.45, 7) is 0. The van der Waals surface area contributed by atoms with E-state index in [-0.39, 0.29) is 11.3 Å². The van der Waals surface area contributed by atoms with Crippen LogP contribution in [0.5, 0.6) is 0 Å². The van der Waals surface area contributed by atoms with Gasteiger partial charge in [0.05, 0.1) is 5.41 Å². The van der Waals surface area contributed by atoms with Crippen molar-refractivity contribution in [1.82, 2.24) is 15.8 Å². The fraction of sp³-hybridized carbons (Fsp3) is 0.400. The lowest BCUT2D eigenvalue weighted by Gasteiger charge is -2.14. The third-order valence-corrected chi connectivity index (χ3v) is 2.64. The highest BCUT2D eigenvalue weighted by molar-refractivity contribution is 5.90. The highest BCUT2D eigenvalue weighted by atomic mass is 16.2. The predicted octanol–water partition coefficient (Wildman–Crippen LogP) is 0.364. The first-order chi connectivity index (χ1) is 6.79. The van der Waals surface area contributed by atoms with Gasteiger partial charge in [-0.15, -0.1) is 0 Å². The van der Waals surface area contributed by atoms with Crippen LogP contribution in [0.1, 0.15) is 18.4 Å². The number of amides is 1. The van der Waals surface area contributed by atoms with Crippen molar-refractivity contribution in [1.29, 1.82) is 0 Å². The lowest BCUT2D eigenvalue weighted by Crippen LogP contribution is -2.41.